The topological polar surface area (TPSA) is 131 Å². The summed E-state index contributed by atoms with van der Waals surface area (Å²) < 4.78 is 55.0. The monoisotopic (exact) mass is 720 g/mol. The van der Waals surface area contributed by atoms with Gasteiger partial charge in [0.05, 0.1) is 18.4 Å². The molecule has 3 heterocycles. The van der Waals surface area contributed by atoms with Gasteiger partial charge in [-0.25, -0.2) is 18.3 Å². The highest BCUT2D eigenvalue weighted by Crippen LogP contribution is 2.61. The van der Waals surface area contributed by atoms with Crippen molar-refractivity contribution in [1.82, 2.24) is 13.9 Å². The number of carbonyl (C=O) groups is 1. The molecule has 0 spiro atoms. The Morgan fingerprint density at radius 3 is 2.33 bits per heavy atom. The van der Waals surface area contributed by atoms with Crippen molar-refractivity contribution in [2.24, 2.45) is 0 Å². The van der Waals surface area contributed by atoms with E-state index in [-0.39, 0.29) is 46.8 Å². The van der Waals surface area contributed by atoms with E-state index in [0.29, 0.717) is 5.69 Å². The fourth-order valence-electron chi connectivity index (χ4n) is 5.57. The lowest BCUT2D eigenvalue weighted by Crippen LogP contribution is -2.51. The molecule has 5 rings (SSSR count). The molecule has 1 saturated heterocycles. The van der Waals surface area contributed by atoms with Crippen LogP contribution in [-0.4, -0.2) is 65.9 Å². The van der Waals surface area contributed by atoms with E-state index in [4.69, 9.17) is 32.2 Å². The summed E-state index contributed by atoms with van der Waals surface area (Å²) in [6.07, 6.45) is 1.50. The van der Waals surface area contributed by atoms with Gasteiger partial charge in [0.15, 0.2) is 10.4 Å². The van der Waals surface area contributed by atoms with E-state index in [1.165, 1.54) is 21.7 Å². The van der Waals surface area contributed by atoms with Crippen molar-refractivity contribution in [2.45, 2.75) is 42.1 Å². The molecule has 0 aliphatic carbocycles. The van der Waals surface area contributed by atoms with Gasteiger partial charge in [-0.05, 0) is 55.7 Å². The number of aliphatic hydroxyl groups is 1. The highest BCUT2D eigenvalue weighted by atomic mass is 79.9. The van der Waals surface area contributed by atoms with Crippen LogP contribution in [0.3, 0.4) is 0 Å². The number of piperidine rings is 1. The number of hydrogen-bond acceptors (Lipinski definition) is 8. The van der Waals surface area contributed by atoms with Crippen molar-refractivity contribution in [3.8, 4) is 0 Å². The number of fused-ring (bicyclic) bond motifs is 1. The van der Waals surface area contributed by atoms with Crippen LogP contribution in [0.4, 0.5) is 11.6 Å². The third-order valence-electron chi connectivity index (χ3n) is 7.64. The molecule has 2 aliphatic heterocycles. The normalized spacial score (nSPS) is 23.4. The number of nitrogens with zero attached hydrogens (tertiary/aromatic N) is 4. The Bertz CT molecular complexity index is 1680. The van der Waals surface area contributed by atoms with E-state index in [1.807, 2.05) is 24.3 Å². The number of imidazole rings is 1. The molecular weight excluding hydrogens is 694 g/mol. The van der Waals surface area contributed by atoms with E-state index in [9.17, 15) is 22.9 Å². The summed E-state index contributed by atoms with van der Waals surface area (Å²) >= 11 is 15.9. The molecular formula is C26H28BrCl2N4O7PS. The number of rotatable bonds is 8. The maximum Gasteiger partial charge on any atom is 0.362 e. The first-order valence-corrected chi connectivity index (χ1v) is 17.3. The average molecular weight is 722 g/mol. The number of halogens is 3. The van der Waals surface area contributed by atoms with Gasteiger partial charge in [0, 0.05) is 41.7 Å². The van der Waals surface area contributed by atoms with Crippen LogP contribution in [-0.2, 0) is 40.4 Å². The first kappa shape index (κ1) is 31.6. The van der Waals surface area contributed by atoms with E-state index in [2.05, 4.69) is 20.9 Å². The third-order valence-corrected chi connectivity index (χ3v) is 12.8. The average Bonchev–Trinajstić information content (AvgIpc) is 3.47. The molecule has 0 bridgehead atoms. The second-order valence-corrected chi connectivity index (χ2v) is 16.6. The molecule has 0 saturated carbocycles. The molecule has 2 aromatic carbocycles. The Morgan fingerprint density at radius 2 is 1.74 bits per heavy atom. The summed E-state index contributed by atoms with van der Waals surface area (Å²) in [6.45, 7) is 1.13. The van der Waals surface area contributed by atoms with Gasteiger partial charge < -0.3 is 14.2 Å². The maximum absolute atomic E-state index is 14.3. The van der Waals surface area contributed by atoms with E-state index in [0.717, 1.165) is 28.6 Å². The van der Waals surface area contributed by atoms with Gasteiger partial charge in [0.1, 0.15) is 5.54 Å². The number of sulfonamides is 1. The molecule has 1 fully saturated rings. The number of hydrogen-bond donors (Lipinski definition) is 1. The van der Waals surface area contributed by atoms with Crippen molar-refractivity contribution in [2.75, 3.05) is 32.2 Å². The molecule has 2 aliphatic rings. The Hall–Kier alpha value is -1.80. The number of aromatic nitrogens is 2. The van der Waals surface area contributed by atoms with Gasteiger partial charge in [0.2, 0.25) is 5.95 Å². The summed E-state index contributed by atoms with van der Waals surface area (Å²) in [5.41, 5.74) is -0.352. The Morgan fingerprint density at radius 1 is 1.12 bits per heavy atom. The molecule has 1 amide bonds. The van der Waals surface area contributed by atoms with Crippen molar-refractivity contribution < 1.29 is 31.9 Å². The first-order chi connectivity index (χ1) is 19.7. The minimum atomic E-state index is -4.40. The number of anilines is 2. The second-order valence-electron chi connectivity index (χ2n) is 10.4. The smallest absolute Gasteiger partial charge is 0.362 e. The van der Waals surface area contributed by atoms with Crippen LogP contribution >= 0.6 is 46.7 Å². The van der Waals surface area contributed by atoms with Gasteiger partial charge >= 0.3 is 7.60 Å². The van der Waals surface area contributed by atoms with Gasteiger partial charge in [-0.15, -0.1) is 0 Å². The minimum Gasteiger partial charge on any atom is -0.376 e. The van der Waals surface area contributed by atoms with Crippen LogP contribution in [0.2, 0.25) is 10.0 Å². The van der Waals surface area contributed by atoms with Gasteiger partial charge in [0.25, 0.3) is 15.9 Å². The van der Waals surface area contributed by atoms with Gasteiger partial charge in [-0.3, -0.25) is 13.9 Å². The summed E-state index contributed by atoms with van der Waals surface area (Å²) in [6, 6.07) is 11.9. The highest BCUT2D eigenvalue weighted by Gasteiger charge is 2.56. The van der Waals surface area contributed by atoms with Crippen LogP contribution in [0.1, 0.15) is 25.3 Å². The van der Waals surface area contributed by atoms with Crippen molar-refractivity contribution >= 4 is 74.3 Å². The molecule has 0 radical (unpaired) electrons. The van der Waals surface area contributed by atoms with Crippen molar-refractivity contribution in [3.05, 3.63) is 68.7 Å². The molecule has 1 N–H and O–H groups in total. The summed E-state index contributed by atoms with van der Waals surface area (Å²) in [5.74, 6) is -0.384. The van der Waals surface area contributed by atoms with Crippen LogP contribution in [0, 0.1) is 0 Å². The van der Waals surface area contributed by atoms with Crippen LogP contribution in [0.25, 0.3) is 0 Å². The van der Waals surface area contributed by atoms with Gasteiger partial charge in [-0.2, -0.15) is 4.31 Å². The van der Waals surface area contributed by atoms with E-state index < -0.39 is 41.0 Å². The molecule has 16 heteroatoms. The third kappa shape index (κ3) is 5.16. The molecule has 1 aromatic heterocycles. The lowest BCUT2D eigenvalue weighted by atomic mass is 9.92. The molecule has 226 valence electrons. The summed E-state index contributed by atoms with van der Waals surface area (Å²) in [4.78, 5) is 20.0. The lowest BCUT2D eigenvalue weighted by Gasteiger charge is -2.40. The largest absolute Gasteiger partial charge is 0.376 e. The molecule has 3 aromatic rings. The molecule has 2 atom stereocenters. The molecule has 42 heavy (non-hydrogen) atoms. The number of β-amino-alcohol motifs (C(OH)–C–C–N with tert-alkyl or cyclic N) is 1. The highest BCUT2D eigenvalue weighted by molar-refractivity contribution is 9.10. The number of benzene rings is 2. The van der Waals surface area contributed by atoms with E-state index in [1.54, 1.807) is 19.1 Å². The standard InChI is InChI=1S/C26H28BrCl2N4O7PS/c1-25(14-17-5-7-18(27)8-6-17)23(34)32(21-12-19(28)11-20(29)13-21)24-30-15-22(33(24)25)42(37,38)31-10-4-9-26(35,16-31)41(36,39-2)40-3/h5-8,11-13,15,35H,4,9-10,14,16H2,1-3H3/t25-,26?/m1/s1. The van der Waals surface area contributed by atoms with Crippen LogP contribution < -0.4 is 4.90 Å². The zero-order chi connectivity index (χ0) is 30.7. The first-order valence-electron chi connectivity index (χ1n) is 12.8. The predicted molar refractivity (Wildman–Crippen MR) is 162 cm³/mol. The fourth-order valence-corrected chi connectivity index (χ4v) is 9.76. The zero-order valence-electron chi connectivity index (χ0n) is 22.8. The fraction of sp³-hybridized carbons (Fsp3) is 0.385. The Labute approximate surface area is 262 Å². The van der Waals surface area contributed by atoms with Crippen molar-refractivity contribution in [1.29, 1.82) is 0 Å². The Kier molecular flexibility index (Phi) is 8.49. The summed E-state index contributed by atoms with van der Waals surface area (Å²) in [7, 11) is -6.21. The van der Waals surface area contributed by atoms with Crippen molar-refractivity contribution in [3.63, 3.8) is 0 Å². The van der Waals surface area contributed by atoms with Crippen LogP contribution in [0.15, 0.2) is 58.2 Å². The Balaban J connectivity index is 1.65. The maximum atomic E-state index is 14.3. The SMILES string of the molecule is COP(=O)(OC)C1(O)CCCN(S(=O)(=O)c2cnc3n2[C@](C)(Cc2ccc(Br)cc2)C(=O)N3c2cc(Cl)cc(Cl)c2)C1. The zero-order valence-corrected chi connectivity index (χ0v) is 27.6. The molecule has 11 nitrogen and oxygen atoms in total. The van der Waals surface area contributed by atoms with Crippen LogP contribution in [0.5, 0.6) is 0 Å². The molecule has 1 unspecified atom stereocenters. The number of carbonyl (C=O) groups excluding carboxylic acids is 1. The van der Waals surface area contributed by atoms with E-state index >= 15 is 0 Å². The van der Waals surface area contributed by atoms with Gasteiger partial charge in [-0.1, -0.05) is 51.3 Å². The minimum absolute atomic E-state index is 0.00552. The predicted octanol–water partition coefficient (Wildman–Crippen LogP) is 5.55. The quantitative estimate of drug-likeness (QED) is 0.300. The number of amides is 1. The lowest BCUT2D eigenvalue weighted by molar-refractivity contribution is -0.124. The second kappa shape index (κ2) is 11.3. The summed E-state index contributed by atoms with van der Waals surface area (Å²) in [5, 5.41) is 9.51.